The highest BCUT2D eigenvalue weighted by Gasteiger charge is 2.35. The van der Waals surface area contributed by atoms with Crippen molar-refractivity contribution < 1.29 is 33.6 Å². The minimum absolute atomic E-state index is 0.00815. The van der Waals surface area contributed by atoms with Gasteiger partial charge in [-0.15, -0.1) is 0 Å². The first-order valence-electron chi connectivity index (χ1n) is 19.8. The second kappa shape index (κ2) is 19.8. The minimum Gasteiger partial charge on any atom is -0.508 e. The Kier molecular flexibility index (Phi) is 15.0. The molecule has 296 valence electrons. The fraction of sp³-hybridized carbons (Fsp3) is 0.417. The van der Waals surface area contributed by atoms with Crippen molar-refractivity contribution >= 4 is 5.97 Å². The van der Waals surface area contributed by atoms with Crippen LogP contribution < -0.4 is 9.47 Å². The number of phenolic OH excluding ortho intramolecular Hbond substituents is 1. The molecule has 2 radical (unpaired) electrons. The largest absolute Gasteiger partial charge is 0.508 e. The molecule has 1 aliphatic heterocycles. The molecule has 1 saturated heterocycles. The molecule has 0 amide bonds. The summed E-state index contributed by atoms with van der Waals surface area (Å²) in [6.45, 7) is 15.0. The lowest BCUT2D eigenvalue weighted by atomic mass is 9.66. The average Bonchev–Trinajstić information content (AvgIpc) is 3.18. The molecular weight excluding hydrogens is 703 g/mol. The summed E-state index contributed by atoms with van der Waals surface area (Å²) in [5, 5.41) is 20.2. The van der Waals surface area contributed by atoms with Gasteiger partial charge < -0.3 is 28.8 Å². The molecule has 5 rings (SSSR count). The summed E-state index contributed by atoms with van der Waals surface area (Å²) in [6.07, 6.45) is 5.32. The van der Waals surface area contributed by atoms with Crippen molar-refractivity contribution in [1.82, 2.24) is 0 Å². The standard InChI is InChI=1S/C48H57NO7/c1-8-52-34(4)54-42-25-18-38(19-26-42)47(33(3)36-16-23-41(50)24-17-36)46(39-20-27-43(28-21-39)55-45-11-9-10-30-53-45)32(2)35-12-14-37(15-13-35)40(31-49)22-29-44(51)56-48(5,6)7/h12-29,32-34,40,45-47,50H,8-11,30H2,1-7H3. The van der Waals surface area contributed by atoms with Crippen LogP contribution in [0.1, 0.15) is 125 Å². The third-order valence-electron chi connectivity index (χ3n) is 10.3. The van der Waals surface area contributed by atoms with Gasteiger partial charge in [0, 0.05) is 13.0 Å². The highest BCUT2D eigenvalue weighted by atomic mass is 16.7. The Hall–Kier alpha value is -4.84. The van der Waals surface area contributed by atoms with Crippen LogP contribution in [0.3, 0.4) is 0 Å². The number of hydrogen-bond acceptors (Lipinski definition) is 8. The molecule has 56 heavy (non-hydrogen) atoms. The van der Waals surface area contributed by atoms with E-state index in [0.29, 0.717) is 13.2 Å². The Morgan fingerprint density at radius 3 is 1.82 bits per heavy atom. The molecular formula is C48H57NO7. The lowest BCUT2D eigenvalue weighted by Crippen LogP contribution is -2.25. The van der Waals surface area contributed by atoms with Crippen molar-refractivity contribution in [3.63, 3.8) is 0 Å². The molecule has 4 aromatic rings. The van der Waals surface area contributed by atoms with E-state index in [1.807, 2.05) is 83.1 Å². The molecule has 7 unspecified atom stereocenters. The smallest absolute Gasteiger partial charge is 0.310 e. The predicted octanol–water partition coefficient (Wildman–Crippen LogP) is 10.9. The zero-order valence-electron chi connectivity index (χ0n) is 33.8. The van der Waals surface area contributed by atoms with Gasteiger partial charge >= 0.3 is 5.97 Å². The van der Waals surface area contributed by atoms with E-state index >= 15 is 0 Å². The third kappa shape index (κ3) is 11.8. The molecule has 0 aromatic heterocycles. The van der Waals surface area contributed by atoms with Gasteiger partial charge in [-0.05, 0) is 142 Å². The van der Waals surface area contributed by atoms with Gasteiger partial charge in [-0.25, -0.2) is 0 Å². The van der Waals surface area contributed by atoms with Gasteiger partial charge in [0.15, 0.2) is 12.6 Å². The van der Waals surface area contributed by atoms with E-state index < -0.39 is 17.5 Å². The molecule has 0 saturated carbocycles. The molecule has 4 aromatic carbocycles. The van der Waals surface area contributed by atoms with Gasteiger partial charge in [0.25, 0.3) is 0 Å². The first-order chi connectivity index (χ1) is 26.8. The number of esters is 1. The van der Waals surface area contributed by atoms with Crippen molar-refractivity contribution in [2.24, 2.45) is 0 Å². The van der Waals surface area contributed by atoms with Gasteiger partial charge in [0.2, 0.25) is 0 Å². The number of rotatable bonds is 17. The zero-order chi connectivity index (χ0) is 40.2. The fourth-order valence-electron chi connectivity index (χ4n) is 7.51. The van der Waals surface area contributed by atoms with E-state index in [4.69, 9.17) is 23.7 Å². The summed E-state index contributed by atoms with van der Waals surface area (Å²) in [7, 11) is 0. The van der Waals surface area contributed by atoms with Crippen LogP contribution in [0.15, 0.2) is 97.1 Å². The monoisotopic (exact) mass is 759 g/mol. The number of phenols is 1. The second-order valence-corrected chi connectivity index (χ2v) is 15.6. The Labute approximate surface area is 333 Å². The number of carbonyl (C=O) groups excluding carboxylic acids is 1. The Morgan fingerprint density at radius 2 is 1.32 bits per heavy atom. The average molecular weight is 760 g/mol. The number of nitrogens with zero attached hydrogens (tertiary/aromatic N) is 1. The molecule has 1 aliphatic rings. The maximum Gasteiger partial charge on any atom is 0.310 e. The molecule has 8 heteroatoms. The highest BCUT2D eigenvalue weighted by Crippen LogP contribution is 2.50. The summed E-state index contributed by atoms with van der Waals surface area (Å²) in [5.74, 6) is 0.612. The molecule has 0 spiro atoms. The summed E-state index contributed by atoms with van der Waals surface area (Å²) in [6, 6.07) is 34.6. The van der Waals surface area contributed by atoms with E-state index in [1.54, 1.807) is 18.6 Å². The van der Waals surface area contributed by atoms with Crippen LogP contribution in [0, 0.1) is 24.2 Å². The summed E-state index contributed by atoms with van der Waals surface area (Å²) in [5.41, 5.74) is 4.67. The fourth-order valence-corrected chi connectivity index (χ4v) is 7.51. The van der Waals surface area contributed by atoms with Crippen molar-refractivity contribution in [1.29, 1.82) is 5.26 Å². The number of benzene rings is 4. The lowest BCUT2D eigenvalue weighted by Gasteiger charge is -2.37. The van der Waals surface area contributed by atoms with Gasteiger partial charge in [0.05, 0.1) is 25.0 Å². The quantitative estimate of drug-likeness (QED) is 0.0837. The van der Waals surface area contributed by atoms with Crippen LogP contribution in [0.5, 0.6) is 17.2 Å². The zero-order valence-corrected chi connectivity index (χ0v) is 33.8. The van der Waals surface area contributed by atoms with Crippen LogP contribution in [-0.4, -0.2) is 42.5 Å². The molecule has 1 fully saturated rings. The van der Waals surface area contributed by atoms with Gasteiger partial charge in [-0.2, -0.15) is 5.26 Å². The molecule has 0 bridgehead atoms. The Bertz CT molecular complexity index is 1840. The second-order valence-electron chi connectivity index (χ2n) is 15.6. The van der Waals surface area contributed by atoms with E-state index in [2.05, 4.69) is 56.3 Å². The summed E-state index contributed by atoms with van der Waals surface area (Å²) < 4.78 is 29.2. The van der Waals surface area contributed by atoms with Crippen molar-refractivity contribution in [3.05, 3.63) is 138 Å². The highest BCUT2D eigenvalue weighted by molar-refractivity contribution is 5.81. The van der Waals surface area contributed by atoms with Crippen LogP contribution in [0.2, 0.25) is 0 Å². The number of hydrogen-bond donors (Lipinski definition) is 1. The van der Waals surface area contributed by atoms with E-state index in [1.165, 1.54) is 6.42 Å². The molecule has 1 heterocycles. The van der Waals surface area contributed by atoms with Crippen LogP contribution in [0.4, 0.5) is 0 Å². The van der Waals surface area contributed by atoms with Crippen molar-refractivity contribution in [2.45, 2.75) is 115 Å². The first kappa shape index (κ1) is 42.3. The Morgan fingerprint density at radius 1 is 0.804 bits per heavy atom. The van der Waals surface area contributed by atoms with Crippen LogP contribution >= 0.6 is 0 Å². The van der Waals surface area contributed by atoms with Gasteiger partial charge in [0.1, 0.15) is 22.8 Å². The topological polar surface area (TPSA) is 107 Å². The first-order valence-corrected chi connectivity index (χ1v) is 19.8. The number of ether oxygens (including phenoxy) is 5. The maximum absolute atomic E-state index is 12.4. The molecule has 8 nitrogen and oxygen atoms in total. The molecule has 7 atom stereocenters. The van der Waals surface area contributed by atoms with E-state index in [9.17, 15) is 15.2 Å². The summed E-state index contributed by atoms with van der Waals surface area (Å²) >= 11 is 0. The van der Waals surface area contributed by atoms with Gasteiger partial charge in [-0.1, -0.05) is 74.5 Å². The third-order valence-corrected chi connectivity index (χ3v) is 10.3. The number of aromatic hydroxyl groups is 1. The van der Waals surface area contributed by atoms with E-state index in [0.717, 1.165) is 58.6 Å². The minimum atomic E-state index is -0.620. The van der Waals surface area contributed by atoms with Crippen molar-refractivity contribution in [3.8, 4) is 23.3 Å². The maximum atomic E-state index is 12.4. The lowest BCUT2D eigenvalue weighted by molar-refractivity contribution is -0.150. The van der Waals surface area contributed by atoms with Crippen molar-refractivity contribution in [2.75, 3.05) is 13.2 Å². The van der Waals surface area contributed by atoms with Crippen LogP contribution in [0.25, 0.3) is 0 Å². The molecule has 1 N–H and O–H groups in total. The van der Waals surface area contributed by atoms with Gasteiger partial charge in [-0.3, -0.25) is 4.79 Å². The summed E-state index contributed by atoms with van der Waals surface area (Å²) in [4.78, 5) is 12.4. The predicted molar refractivity (Wildman–Crippen MR) is 218 cm³/mol. The SMILES string of the molecule is CCOC(C)Oc1ccc(C(C(C)c2ccc(O)cc2)C(c2ccc(OC3CCCCO3)cc2)C(C)c2ccc(C(C#N)[CH][CH]C(=O)OC(C)(C)C)cc2)cc1. The van der Waals surface area contributed by atoms with Crippen LogP contribution in [-0.2, 0) is 19.0 Å². The number of carbonyl (C=O) groups is 1. The molecule has 0 aliphatic carbocycles. The number of nitriles is 1. The van der Waals surface area contributed by atoms with E-state index in [-0.39, 0.29) is 42.0 Å². The normalized spacial score (nSPS) is 17.7. The Balaban J connectivity index is 1.52.